The van der Waals surface area contributed by atoms with Crippen molar-refractivity contribution in [1.82, 2.24) is 5.16 Å². The smallest absolute Gasteiger partial charge is 0.405 e. The van der Waals surface area contributed by atoms with E-state index in [-0.39, 0.29) is 29.9 Å². The number of anilines is 1. The van der Waals surface area contributed by atoms with Crippen molar-refractivity contribution in [2.45, 2.75) is 75.6 Å². The number of piperidine rings is 1. The molecule has 2 unspecified atom stereocenters. The lowest BCUT2D eigenvalue weighted by molar-refractivity contribution is -0.274. The molecule has 3 aromatic rings. The van der Waals surface area contributed by atoms with Crippen LogP contribution in [-0.4, -0.2) is 29.7 Å². The molecule has 2 bridgehead atoms. The summed E-state index contributed by atoms with van der Waals surface area (Å²) < 4.78 is 56.7. The number of rotatable bonds is 7. The van der Waals surface area contributed by atoms with Crippen LogP contribution in [0, 0.1) is 3.57 Å². The molecule has 0 N–H and O–H groups in total. The number of ether oxygens (including phenoxy) is 2. The predicted molar refractivity (Wildman–Crippen MR) is 137 cm³/mol. The Morgan fingerprint density at radius 3 is 2.33 bits per heavy atom. The number of fused-ring (bicyclic) bond motifs is 2. The van der Waals surface area contributed by atoms with Crippen LogP contribution in [0.3, 0.4) is 0 Å². The second-order valence-corrected chi connectivity index (χ2v) is 11.1. The molecule has 2 aliphatic heterocycles. The molecule has 2 aromatic carbocycles. The predicted octanol–water partition coefficient (Wildman–Crippen LogP) is 7.44. The zero-order chi connectivity index (χ0) is 24.9. The first-order valence-electron chi connectivity index (χ1n) is 12.3. The molecular weight excluding hydrogens is 584 g/mol. The Morgan fingerprint density at radius 2 is 1.67 bits per heavy atom. The van der Waals surface area contributed by atoms with E-state index < -0.39 is 6.36 Å². The highest BCUT2D eigenvalue weighted by Gasteiger charge is 2.42. The van der Waals surface area contributed by atoms with Crippen molar-refractivity contribution >= 4 is 28.3 Å². The highest BCUT2D eigenvalue weighted by atomic mass is 127. The Labute approximate surface area is 221 Å². The molecule has 2 saturated heterocycles. The average Bonchev–Trinajstić information content (AvgIpc) is 3.54. The molecule has 0 radical (unpaired) electrons. The van der Waals surface area contributed by atoms with Crippen molar-refractivity contribution in [3.05, 3.63) is 63.4 Å². The zero-order valence-corrected chi connectivity index (χ0v) is 21.7. The van der Waals surface area contributed by atoms with E-state index in [2.05, 4.69) is 61.6 Å². The third kappa shape index (κ3) is 4.96. The second kappa shape index (κ2) is 9.55. The van der Waals surface area contributed by atoms with Gasteiger partial charge in [0, 0.05) is 38.4 Å². The summed E-state index contributed by atoms with van der Waals surface area (Å²) >= 11 is 2.32. The number of hydrogen-bond donors (Lipinski definition) is 0. The maximum Gasteiger partial charge on any atom is 0.573 e. The van der Waals surface area contributed by atoms with Gasteiger partial charge >= 0.3 is 6.36 Å². The van der Waals surface area contributed by atoms with Crippen LogP contribution in [0.25, 0.3) is 11.3 Å². The van der Waals surface area contributed by atoms with Gasteiger partial charge in [0.25, 0.3) is 0 Å². The van der Waals surface area contributed by atoms with Crippen LogP contribution in [0.15, 0.2) is 53.1 Å². The Kier molecular flexibility index (Phi) is 6.39. The monoisotopic (exact) mass is 610 g/mol. The molecule has 3 heterocycles. The summed E-state index contributed by atoms with van der Waals surface area (Å²) in [5.74, 6) is 0.691. The molecule has 36 heavy (non-hydrogen) atoms. The molecule has 0 spiro atoms. The molecule has 2 atom stereocenters. The summed E-state index contributed by atoms with van der Waals surface area (Å²) in [6.45, 7) is 0.263. The van der Waals surface area contributed by atoms with E-state index >= 15 is 0 Å². The first-order chi connectivity index (χ1) is 17.4. The molecule has 3 fully saturated rings. The summed E-state index contributed by atoms with van der Waals surface area (Å²) in [6.07, 6.45) is 1.40. The van der Waals surface area contributed by atoms with Crippen LogP contribution >= 0.6 is 22.6 Å². The Bertz CT molecular complexity index is 1210. The Hall–Kier alpha value is -2.27. The van der Waals surface area contributed by atoms with E-state index in [0.717, 1.165) is 49.8 Å². The molecule has 9 heteroatoms. The number of alkyl halides is 3. The van der Waals surface area contributed by atoms with Gasteiger partial charge in [0.05, 0.1) is 12.7 Å². The minimum Gasteiger partial charge on any atom is -0.405 e. The highest BCUT2D eigenvalue weighted by Crippen LogP contribution is 2.46. The topological polar surface area (TPSA) is 47.7 Å². The molecule has 3 aliphatic rings. The molecule has 1 aromatic heterocycles. The largest absolute Gasteiger partial charge is 0.573 e. The molecule has 0 amide bonds. The lowest BCUT2D eigenvalue weighted by atomic mass is 9.98. The quantitative estimate of drug-likeness (QED) is 0.261. The maximum absolute atomic E-state index is 13.0. The fourth-order valence-corrected chi connectivity index (χ4v) is 6.07. The van der Waals surface area contributed by atoms with Crippen molar-refractivity contribution in [2.75, 3.05) is 4.90 Å². The number of halogens is 4. The molecule has 1 saturated carbocycles. The summed E-state index contributed by atoms with van der Waals surface area (Å²) in [6, 6.07) is 15.6. The van der Waals surface area contributed by atoms with Gasteiger partial charge in [0.1, 0.15) is 17.2 Å². The summed E-state index contributed by atoms with van der Waals surface area (Å²) in [4.78, 5) is 2.54. The van der Waals surface area contributed by atoms with Crippen LogP contribution < -0.4 is 9.64 Å². The van der Waals surface area contributed by atoms with Gasteiger partial charge in [-0.1, -0.05) is 17.3 Å². The van der Waals surface area contributed by atoms with Crippen molar-refractivity contribution in [3.63, 3.8) is 0 Å². The van der Waals surface area contributed by atoms with Crippen molar-refractivity contribution < 1.29 is 27.2 Å². The lowest BCUT2D eigenvalue weighted by Crippen LogP contribution is -2.45. The Morgan fingerprint density at radius 1 is 0.972 bits per heavy atom. The van der Waals surface area contributed by atoms with E-state index in [1.54, 1.807) is 12.1 Å². The first kappa shape index (κ1) is 24.1. The summed E-state index contributed by atoms with van der Waals surface area (Å²) in [5, 5.41) is 4.19. The number of aromatic nitrogens is 1. The molecule has 5 nitrogen and oxygen atoms in total. The van der Waals surface area contributed by atoms with Crippen LogP contribution in [0.5, 0.6) is 5.75 Å². The van der Waals surface area contributed by atoms with Crippen molar-refractivity contribution in [1.29, 1.82) is 0 Å². The number of para-hydroxylation sites is 1. The van der Waals surface area contributed by atoms with Crippen LogP contribution in [0.2, 0.25) is 0 Å². The summed E-state index contributed by atoms with van der Waals surface area (Å²) in [5.41, 5.74) is 2.64. The maximum atomic E-state index is 13.0. The van der Waals surface area contributed by atoms with E-state index in [0.29, 0.717) is 17.8 Å². The zero-order valence-electron chi connectivity index (χ0n) is 19.5. The van der Waals surface area contributed by atoms with E-state index in [1.165, 1.54) is 21.4 Å². The normalized spacial score (nSPS) is 23.8. The van der Waals surface area contributed by atoms with Crippen LogP contribution in [0.1, 0.15) is 55.8 Å². The van der Waals surface area contributed by atoms with E-state index in [1.807, 2.05) is 0 Å². The SMILES string of the molecule is FC(F)(F)Oc1ccccc1-c1noc(C2CC2)c1COC1CC2CCC(C1)N2c1ccc(I)cc1. The molecular formula is C27H26F3IN2O3. The summed E-state index contributed by atoms with van der Waals surface area (Å²) in [7, 11) is 0. The number of benzene rings is 2. The minimum absolute atomic E-state index is 0.0825. The standard InChI is InChI=1S/C27H26F3IN2O3/c28-27(29,30)35-24-4-2-1-3-22(24)25-23(26(36-32-25)16-5-6-16)15-34-21-13-19-11-12-20(14-21)33(19)18-9-7-17(31)8-10-18/h1-4,7-10,16,19-21H,5-6,11-15H2. The Balaban J connectivity index is 1.21. The molecule has 6 rings (SSSR count). The van der Waals surface area contributed by atoms with Gasteiger partial charge in [0.15, 0.2) is 0 Å². The second-order valence-electron chi connectivity index (χ2n) is 9.87. The molecule has 1 aliphatic carbocycles. The van der Waals surface area contributed by atoms with Gasteiger partial charge in [-0.2, -0.15) is 0 Å². The fourth-order valence-electron chi connectivity index (χ4n) is 5.71. The van der Waals surface area contributed by atoms with E-state index in [4.69, 9.17) is 9.26 Å². The van der Waals surface area contributed by atoms with Gasteiger partial charge in [-0.15, -0.1) is 13.2 Å². The van der Waals surface area contributed by atoms with Gasteiger partial charge in [0.2, 0.25) is 0 Å². The lowest BCUT2D eigenvalue weighted by Gasteiger charge is -2.40. The van der Waals surface area contributed by atoms with Crippen molar-refractivity contribution in [2.24, 2.45) is 0 Å². The minimum atomic E-state index is -4.79. The van der Waals surface area contributed by atoms with Gasteiger partial charge in [-0.3, -0.25) is 0 Å². The van der Waals surface area contributed by atoms with Crippen molar-refractivity contribution in [3.8, 4) is 17.0 Å². The fraction of sp³-hybridized carbons (Fsp3) is 0.444. The highest BCUT2D eigenvalue weighted by molar-refractivity contribution is 14.1. The van der Waals surface area contributed by atoms with Gasteiger partial charge in [-0.05, 0) is 97.5 Å². The van der Waals surface area contributed by atoms with Crippen LogP contribution in [-0.2, 0) is 11.3 Å². The van der Waals surface area contributed by atoms with Gasteiger partial charge in [-0.25, -0.2) is 0 Å². The van der Waals surface area contributed by atoms with Crippen LogP contribution in [0.4, 0.5) is 18.9 Å². The first-order valence-corrected chi connectivity index (χ1v) is 13.4. The number of nitrogens with zero attached hydrogens (tertiary/aromatic N) is 2. The number of hydrogen-bond acceptors (Lipinski definition) is 5. The van der Waals surface area contributed by atoms with E-state index in [9.17, 15) is 13.2 Å². The van der Waals surface area contributed by atoms with Gasteiger partial charge < -0.3 is 18.9 Å². The average molecular weight is 610 g/mol. The third-order valence-electron chi connectivity index (χ3n) is 7.41. The molecule has 190 valence electrons. The third-order valence-corrected chi connectivity index (χ3v) is 8.13.